The van der Waals surface area contributed by atoms with Crippen molar-refractivity contribution in [1.29, 1.82) is 0 Å². The van der Waals surface area contributed by atoms with Crippen LogP contribution in [0.2, 0.25) is 0 Å². The Morgan fingerprint density at radius 3 is 2.84 bits per heavy atom. The molecule has 0 spiro atoms. The summed E-state index contributed by atoms with van der Waals surface area (Å²) in [6.07, 6.45) is 6.10. The molecule has 106 valence electrons. The molecule has 3 N–H and O–H groups in total. The third kappa shape index (κ3) is 4.23. The van der Waals surface area contributed by atoms with Crippen molar-refractivity contribution in [2.24, 2.45) is 5.84 Å². The largest absolute Gasteiger partial charge is 0.271 e. The fraction of sp³-hybridized carbons (Fsp3) is 0.625. The third-order valence-electron chi connectivity index (χ3n) is 4.04. The summed E-state index contributed by atoms with van der Waals surface area (Å²) in [5.74, 6) is 6.78. The topological polar surface area (TPSA) is 38.0 Å². The lowest BCUT2D eigenvalue weighted by Gasteiger charge is -2.18. The Bertz CT molecular complexity index is 406. The number of hydrazine groups is 1. The normalized spacial score (nSPS) is 17.2. The van der Waals surface area contributed by atoms with Crippen molar-refractivity contribution < 1.29 is 0 Å². The summed E-state index contributed by atoms with van der Waals surface area (Å²) in [6.45, 7) is 4.52. The number of benzene rings is 1. The maximum atomic E-state index is 5.70. The first-order chi connectivity index (χ1) is 9.22. The predicted molar refractivity (Wildman–Crippen MR) is 85.5 cm³/mol. The van der Waals surface area contributed by atoms with Crippen LogP contribution < -0.4 is 11.3 Å². The van der Waals surface area contributed by atoms with E-state index in [4.69, 9.17) is 5.84 Å². The van der Waals surface area contributed by atoms with E-state index < -0.39 is 0 Å². The average Bonchev–Trinajstić information content (AvgIpc) is 2.90. The number of hydrogen-bond donors (Lipinski definition) is 2. The Hall–Kier alpha value is -0.510. The van der Waals surface area contributed by atoms with Crippen LogP contribution in [0.3, 0.4) is 0 Å². The summed E-state index contributed by atoms with van der Waals surface area (Å²) >= 11 is 2.01. The van der Waals surface area contributed by atoms with Crippen molar-refractivity contribution in [1.82, 2.24) is 5.43 Å². The first kappa shape index (κ1) is 14.9. The Labute approximate surface area is 121 Å². The molecule has 0 radical (unpaired) electrons. The van der Waals surface area contributed by atoms with E-state index in [0.29, 0.717) is 6.04 Å². The van der Waals surface area contributed by atoms with Gasteiger partial charge in [-0.1, -0.05) is 32.0 Å². The molecule has 0 saturated heterocycles. The molecule has 2 unspecified atom stereocenters. The zero-order valence-corrected chi connectivity index (χ0v) is 12.9. The molecule has 2 atom stereocenters. The smallest absolute Gasteiger partial charge is 0.0341 e. The van der Waals surface area contributed by atoms with Crippen LogP contribution in [-0.2, 0) is 19.3 Å². The summed E-state index contributed by atoms with van der Waals surface area (Å²) in [4.78, 5) is 0. The second-order valence-corrected chi connectivity index (χ2v) is 7.05. The third-order valence-corrected chi connectivity index (χ3v) is 5.53. The van der Waals surface area contributed by atoms with E-state index in [0.717, 1.165) is 17.4 Å². The minimum absolute atomic E-state index is 0.374. The number of nitrogens with one attached hydrogen (secondary N) is 1. The number of aryl methyl sites for hydroxylation is 2. The fourth-order valence-electron chi connectivity index (χ4n) is 2.60. The first-order valence-corrected chi connectivity index (χ1v) is 8.46. The van der Waals surface area contributed by atoms with E-state index in [1.165, 1.54) is 31.2 Å². The number of thioether (sulfide) groups is 1. The summed E-state index contributed by atoms with van der Waals surface area (Å²) < 4.78 is 0. The van der Waals surface area contributed by atoms with E-state index in [9.17, 15) is 0 Å². The van der Waals surface area contributed by atoms with Crippen LogP contribution >= 0.6 is 11.8 Å². The van der Waals surface area contributed by atoms with Crippen LogP contribution in [0.15, 0.2) is 18.2 Å². The number of hydrogen-bond acceptors (Lipinski definition) is 3. The van der Waals surface area contributed by atoms with Gasteiger partial charge in [-0.2, -0.15) is 11.8 Å². The molecule has 0 saturated carbocycles. The van der Waals surface area contributed by atoms with Gasteiger partial charge in [-0.05, 0) is 48.8 Å². The molecular weight excluding hydrogens is 252 g/mol. The van der Waals surface area contributed by atoms with Crippen molar-refractivity contribution in [3.8, 4) is 0 Å². The fourth-order valence-corrected chi connectivity index (χ4v) is 3.61. The monoisotopic (exact) mass is 278 g/mol. The zero-order chi connectivity index (χ0) is 13.7. The van der Waals surface area contributed by atoms with Crippen LogP contribution in [-0.4, -0.2) is 17.0 Å². The lowest BCUT2D eigenvalue weighted by atomic mass is 10.0. The highest BCUT2D eigenvalue weighted by Gasteiger charge is 2.14. The van der Waals surface area contributed by atoms with Gasteiger partial charge in [0.15, 0.2) is 0 Å². The van der Waals surface area contributed by atoms with E-state index in [1.807, 2.05) is 11.8 Å². The lowest BCUT2D eigenvalue weighted by molar-refractivity contribution is 0.574. The summed E-state index contributed by atoms with van der Waals surface area (Å²) in [7, 11) is 0. The van der Waals surface area contributed by atoms with Gasteiger partial charge in [0.05, 0.1) is 0 Å². The van der Waals surface area contributed by atoms with Crippen molar-refractivity contribution in [3.05, 3.63) is 34.9 Å². The molecule has 1 aliphatic rings. The predicted octanol–water partition coefficient (Wildman–Crippen LogP) is 3.08. The van der Waals surface area contributed by atoms with Gasteiger partial charge < -0.3 is 0 Å². The van der Waals surface area contributed by atoms with Gasteiger partial charge in [0.25, 0.3) is 0 Å². The Balaban J connectivity index is 1.90. The molecule has 1 aliphatic carbocycles. The molecule has 2 rings (SSSR count). The molecule has 0 amide bonds. The Morgan fingerprint density at radius 2 is 2.11 bits per heavy atom. The minimum Gasteiger partial charge on any atom is -0.271 e. The second kappa shape index (κ2) is 7.32. The number of fused-ring (bicyclic) bond motifs is 1. The van der Waals surface area contributed by atoms with Crippen LogP contribution in [0.1, 0.15) is 43.4 Å². The van der Waals surface area contributed by atoms with Gasteiger partial charge >= 0.3 is 0 Å². The Kier molecular flexibility index (Phi) is 5.74. The number of rotatable bonds is 7. The van der Waals surface area contributed by atoms with Crippen LogP contribution in [0.4, 0.5) is 0 Å². The lowest BCUT2D eigenvalue weighted by Crippen LogP contribution is -2.39. The molecule has 2 nitrogen and oxygen atoms in total. The molecule has 0 aliphatic heterocycles. The van der Waals surface area contributed by atoms with Crippen molar-refractivity contribution in [3.63, 3.8) is 0 Å². The molecule has 0 aromatic heterocycles. The van der Waals surface area contributed by atoms with E-state index in [1.54, 1.807) is 11.1 Å². The summed E-state index contributed by atoms with van der Waals surface area (Å²) in [5.41, 5.74) is 7.51. The van der Waals surface area contributed by atoms with Gasteiger partial charge in [0.1, 0.15) is 0 Å². The first-order valence-electron chi connectivity index (χ1n) is 7.41. The van der Waals surface area contributed by atoms with Crippen LogP contribution in [0, 0.1) is 0 Å². The molecular formula is C16H26N2S. The highest BCUT2D eigenvalue weighted by molar-refractivity contribution is 7.99. The molecule has 3 heteroatoms. The standard InChI is InChI=1S/C16H26N2S/c1-3-12(2)19-11-16(18-17)10-13-7-8-14-5-4-6-15(14)9-13/h7-9,12,16,18H,3-6,10-11,17H2,1-2H3. The van der Waals surface area contributed by atoms with Crippen molar-refractivity contribution in [2.45, 2.75) is 57.2 Å². The van der Waals surface area contributed by atoms with Gasteiger partial charge in [0.2, 0.25) is 0 Å². The summed E-state index contributed by atoms with van der Waals surface area (Å²) in [5, 5.41) is 0.718. The highest BCUT2D eigenvalue weighted by Crippen LogP contribution is 2.24. The number of nitrogens with two attached hydrogens (primary N) is 1. The van der Waals surface area contributed by atoms with Crippen LogP contribution in [0.25, 0.3) is 0 Å². The Morgan fingerprint density at radius 1 is 1.32 bits per heavy atom. The molecule has 0 bridgehead atoms. The molecule has 1 aromatic carbocycles. The van der Waals surface area contributed by atoms with Crippen LogP contribution in [0.5, 0.6) is 0 Å². The van der Waals surface area contributed by atoms with Gasteiger partial charge in [-0.15, -0.1) is 0 Å². The maximum Gasteiger partial charge on any atom is 0.0341 e. The zero-order valence-electron chi connectivity index (χ0n) is 12.1. The average molecular weight is 278 g/mol. The van der Waals surface area contributed by atoms with Gasteiger partial charge in [-0.25, -0.2) is 0 Å². The highest BCUT2D eigenvalue weighted by atomic mass is 32.2. The summed E-state index contributed by atoms with van der Waals surface area (Å²) in [6, 6.07) is 7.36. The van der Waals surface area contributed by atoms with Gasteiger partial charge in [-0.3, -0.25) is 11.3 Å². The minimum atomic E-state index is 0.374. The molecule has 0 heterocycles. The second-order valence-electron chi connectivity index (χ2n) is 5.58. The van der Waals surface area contributed by atoms with Crippen molar-refractivity contribution in [2.75, 3.05) is 5.75 Å². The quantitative estimate of drug-likeness (QED) is 0.594. The van der Waals surface area contributed by atoms with E-state index in [-0.39, 0.29) is 0 Å². The van der Waals surface area contributed by atoms with E-state index in [2.05, 4.69) is 37.5 Å². The molecule has 0 fully saturated rings. The van der Waals surface area contributed by atoms with E-state index >= 15 is 0 Å². The van der Waals surface area contributed by atoms with Crippen molar-refractivity contribution >= 4 is 11.8 Å². The van der Waals surface area contributed by atoms with Gasteiger partial charge in [0, 0.05) is 17.0 Å². The SMILES string of the molecule is CCC(C)SCC(Cc1ccc2c(c1)CCC2)NN. The molecule has 19 heavy (non-hydrogen) atoms. The molecule has 1 aromatic rings. The maximum absolute atomic E-state index is 5.70.